The molecule has 0 aromatic heterocycles. The molecule has 0 fully saturated rings. The van der Waals surface area contributed by atoms with Crippen molar-refractivity contribution >= 4 is 5.91 Å². The van der Waals surface area contributed by atoms with Crippen molar-refractivity contribution in [3.63, 3.8) is 0 Å². The summed E-state index contributed by atoms with van der Waals surface area (Å²) in [5.41, 5.74) is 2.22. The molecule has 19 heavy (non-hydrogen) atoms. The molecule has 1 rings (SSSR count). The molecule has 0 spiro atoms. The number of hydroxylamine groups is 2. The van der Waals surface area contributed by atoms with Gasteiger partial charge in [0.2, 0.25) is 0 Å². The molecule has 1 N–H and O–H groups in total. The Morgan fingerprint density at radius 3 is 2.05 bits per heavy atom. The van der Waals surface area contributed by atoms with Gasteiger partial charge in [-0.3, -0.25) is 10.0 Å². The fourth-order valence-corrected chi connectivity index (χ4v) is 2.01. The number of nitrogens with zero attached hydrogens (tertiary/aromatic N) is 1. The molecule has 0 saturated carbocycles. The van der Waals surface area contributed by atoms with Crippen molar-refractivity contribution in [3.05, 3.63) is 35.4 Å². The molecule has 1 amide bonds. The average molecular weight is 263 g/mol. The van der Waals surface area contributed by atoms with Gasteiger partial charge in [0.25, 0.3) is 5.91 Å². The van der Waals surface area contributed by atoms with E-state index < -0.39 is 0 Å². The molecule has 0 aliphatic rings. The third-order valence-electron chi connectivity index (χ3n) is 3.21. The van der Waals surface area contributed by atoms with Crippen molar-refractivity contribution in [2.24, 2.45) is 5.92 Å². The molecular formula is C16H25NO2. The highest BCUT2D eigenvalue weighted by atomic mass is 16.5. The second kappa shape index (κ2) is 6.71. The molecule has 1 aromatic rings. The van der Waals surface area contributed by atoms with Gasteiger partial charge in [0.15, 0.2) is 0 Å². The summed E-state index contributed by atoms with van der Waals surface area (Å²) in [7, 11) is 0. The van der Waals surface area contributed by atoms with Gasteiger partial charge in [0.1, 0.15) is 0 Å². The Morgan fingerprint density at radius 2 is 1.63 bits per heavy atom. The Labute approximate surface area is 116 Å². The van der Waals surface area contributed by atoms with Crippen molar-refractivity contribution in [2.75, 3.05) is 0 Å². The Bertz CT molecular complexity index is 409. The van der Waals surface area contributed by atoms with Gasteiger partial charge >= 0.3 is 0 Å². The van der Waals surface area contributed by atoms with E-state index in [1.807, 2.05) is 19.1 Å². The van der Waals surface area contributed by atoms with Gasteiger partial charge in [-0.25, -0.2) is 5.06 Å². The lowest BCUT2D eigenvalue weighted by atomic mass is 9.96. The van der Waals surface area contributed by atoms with Crippen LogP contribution in [0.1, 0.15) is 51.7 Å². The minimum Gasteiger partial charge on any atom is -0.286 e. The minimum absolute atomic E-state index is 0.199. The quantitative estimate of drug-likeness (QED) is 0.651. The van der Waals surface area contributed by atoms with Gasteiger partial charge in [-0.05, 0) is 44.2 Å². The van der Waals surface area contributed by atoms with Crippen LogP contribution in [0.5, 0.6) is 0 Å². The number of amides is 1. The molecule has 1 atom stereocenters. The molecule has 0 bridgehead atoms. The van der Waals surface area contributed by atoms with Crippen LogP contribution in [0.2, 0.25) is 0 Å². The first kappa shape index (κ1) is 15.7. The van der Waals surface area contributed by atoms with Gasteiger partial charge in [-0.1, -0.05) is 38.1 Å². The molecule has 0 radical (unpaired) electrons. The second-order valence-electron chi connectivity index (χ2n) is 5.84. The number of hydrogen-bond donors (Lipinski definition) is 1. The van der Waals surface area contributed by atoms with Crippen molar-refractivity contribution in [3.8, 4) is 0 Å². The maximum atomic E-state index is 12.0. The maximum absolute atomic E-state index is 12.0. The van der Waals surface area contributed by atoms with E-state index in [1.165, 1.54) is 5.56 Å². The van der Waals surface area contributed by atoms with Gasteiger partial charge in [-0.2, -0.15) is 0 Å². The number of rotatable bonds is 5. The topological polar surface area (TPSA) is 40.5 Å². The lowest BCUT2D eigenvalue weighted by molar-refractivity contribution is -0.174. The smallest absolute Gasteiger partial charge is 0.253 e. The molecule has 0 heterocycles. The molecule has 0 unspecified atom stereocenters. The van der Waals surface area contributed by atoms with Crippen LogP contribution in [0.4, 0.5) is 0 Å². The van der Waals surface area contributed by atoms with Crippen LogP contribution < -0.4 is 0 Å². The van der Waals surface area contributed by atoms with Crippen LogP contribution in [0.15, 0.2) is 24.3 Å². The predicted molar refractivity (Wildman–Crippen MR) is 77.2 cm³/mol. The van der Waals surface area contributed by atoms with E-state index in [-0.39, 0.29) is 17.9 Å². The zero-order chi connectivity index (χ0) is 14.6. The highest BCUT2D eigenvalue weighted by Gasteiger charge is 2.22. The predicted octanol–water partition coefficient (Wildman–Crippen LogP) is 3.61. The lowest BCUT2D eigenvalue weighted by Gasteiger charge is -2.23. The Hall–Kier alpha value is -1.35. The van der Waals surface area contributed by atoms with Gasteiger partial charge in [0.05, 0.1) is 12.0 Å². The van der Waals surface area contributed by atoms with Gasteiger partial charge in [-0.15, -0.1) is 0 Å². The zero-order valence-electron chi connectivity index (χ0n) is 12.6. The summed E-state index contributed by atoms with van der Waals surface area (Å²) in [5.74, 6) is 0.0471. The van der Waals surface area contributed by atoms with Crippen LogP contribution in [0.3, 0.4) is 0 Å². The zero-order valence-corrected chi connectivity index (χ0v) is 12.6. The molecular weight excluding hydrogens is 238 g/mol. The number of carbonyl (C=O) groups excluding carboxylic acids is 1. The summed E-state index contributed by atoms with van der Waals surface area (Å²) >= 11 is 0. The summed E-state index contributed by atoms with van der Waals surface area (Å²) in [6.07, 6.45) is 1.04. The van der Waals surface area contributed by atoms with Crippen molar-refractivity contribution in [1.82, 2.24) is 5.06 Å². The molecule has 0 aliphatic heterocycles. The monoisotopic (exact) mass is 263 g/mol. The van der Waals surface area contributed by atoms with Crippen molar-refractivity contribution in [1.29, 1.82) is 0 Å². The first-order chi connectivity index (χ1) is 8.82. The SMILES string of the molecule is CC(C)Cc1ccc([C@@H](C)C(=O)N(O)C(C)C)cc1. The fraction of sp³-hybridized carbons (Fsp3) is 0.562. The van der Waals surface area contributed by atoms with Crippen LogP contribution >= 0.6 is 0 Å². The summed E-state index contributed by atoms with van der Waals surface area (Å²) in [6, 6.07) is 7.89. The fourth-order valence-electron chi connectivity index (χ4n) is 2.01. The maximum Gasteiger partial charge on any atom is 0.253 e. The van der Waals surface area contributed by atoms with Gasteiger partial charge in [0, 0.05) is 0 Å². The molecule has 0 aliphatic carbocycles. The van der Waals surface area contributed by atoms with Crippen molar-refractivity contribution < 1.29 is 10.0 Å². The van der Waals surface area contributed by atoms with E-state index >= 15 is 0 Å². The van der Waals surface area contributed by atoms with E-state index in [2.05, 4.69) is 26.0 Å². The second-order valence-corrected chi connectivity index (χ2v) is 5.84. The van der Waals surface area contributed by atoms with E-state index in [0.717, 1.165) is 17.0 Å². The average Bonchev–Trinajstić information content (AvgIpc) is 2.36. The standard InChI is InChI=1S/C16H25NO2/c1-11(2)10-14-6-8-15(9-7-14)13(5)16(18)17(19)12(3)4/h6-9,11-13,19H,10H2,1-5H3/t13-/m1/s1. The number of benzene rings is 1. The van der Waals surface area contributed by atoms with E-state index in [1.54, 1.807) is 13.8 Å². The van der Waals surface area contributed by atoms with Crippen LogP contribution in [0.25, 0.3) is 0 Å². The van der Waals surface area contributed by atoms with Crippen LogP contribution in [-0.2, 0) is 11.2 Å². The van der Waals surface area contributed by atoms with Crippen molar-refractivity contribution in [2.45, 2.75) is 53.0 Å². The Morgan fingerprint density at radius 1 is 1.11 bits per heavy atom. The summed E-state index contributed by atoms with van der Waals surface area (Å²) < 4.78 is 0. The van der Waals surface area contributed by atoms with E-state index in [4.69, 9.17) is 0 Å². The normalized spacial score (nSPS) is 12.8. The molecule has 3 nitrogen and oxygen atoms in total. The highest BCUT2D eigenvalue weighted by molar-refractivity contribution is 5.82. The first-order valence-corrected chi connectivity index (χ1v) is 6.93. The lowest BCUT2D eigenvalue weighted by Crippen LogP contribution is -2.36. The van der Waals surface area contributed by atoms with E-state index in [9.17, 15) is 10.0 Å². The highest BCUT2D eigenvalue weighted by Crippen LogP contribution is 2.20. The molecule has 1 aromatic carbocycles. The largest absolute Gasteiger partial charge is 0.286 e. The minimum atomic E-state index is -0.319. The summed E-state index contributed by atoms with van der Waals surface area (Å²) in [4.78, 5) is 12.0. The summed E-state index contributed by atoms with van der Waals surface area (Å²) in [6.45, 7) is 9.77. The Kier molecular flexibility index (Phi) is 5.55. The molecule has 3 heteroatoms. The molecule has 106 valence electrons. The third kappa shape index (κ3) is 4.35. The van der Waals surface area contributed by atoms with Crippen LogP contribution in [0, 0.1) is 5.92 Å². The summed E-state index contributed by atoms with van der Waals surface area (Å²) in [5, 5.41) is 10.5. The number of hydrogen-bond acceptors (Lipinski definition) is 2. The third-order valence-corrected chi connectivity index (χ3v) is 3.21. The van der Waals surface area contributed by atoms with Gasteiger partial charge < -0.3 is 0 Å². The number of carbonyl (C=O) groups is 1. The first-order valence-electron chi connectivity index (χ1n) is 6.93. The van der Waals surface area contributed by atoms with E-state index in [0.29, 0.717) is 5.92 Å². The molecule has 0 saturated heterocycles. The van der Waals surface area contributed by atoms with Crippen LogP contribution in [-0.4, -0.2) is 22.2 Å². The Balaban J connectivity index is 2.77.